The van der Waals surface area contributed by atoms with Gasteiger partial charge in [0.1, 0.15) is 0 Å². The molecule has 0 aromatic heterocycles. The SMILES string of the molecule is O=C1NN2CCC1CC2. The Bertz CT molecular complexity index is 138. The third-order valence-electron chi connectivity index (χ3n) is 2.13. The number of nitrogens with zero attached hydrogens (tertiary/aromatic N) is 1. The van der Waals surface area contributed by atoms with Crippen molar-refractivity contribution in [1.82, 2.24) is 10.4 Å². The first-order chi connectivity index (χ1) is 4.36. The Hall–Kier alpha value is -0.570. The average molecular weight is 126 g/mol. The molecule has 3 heterocycles. The molecule has 3 rings (SSSR count). The first-order valence-corrected chi connectivity index (χ1v) is 3.42. The van der Waals surface area contributed by atoms with E-state index in [1.54, 1.807) is 0 Å². The summed E-state index contributed by atoms with van der Waals surface area (Å²) in [6.07, 6.45) is 2.12. The molecule has 3 saturated heterocycles. The first kappa shape index (κ1) is 5.23. The summed E-state index contributed by atoms with van der Waals surface area (Å²) in [5, 5.41) is 2.00. The third-order valence-corrected chi connectivity index (χ3v) is 2.13. The van der Waals surface area contributed by atoms with Gasteiger partial charge in [0.05, 0.1) is 0 Å². The van der Waals surface area contributed by atoms with Gasteiger partial charge in [0.15, 0.2) is 0 Å². The molecular weight excluding hydrogens is 116 g/mol. The van der Waals surface area contributed by atoms with Crippen LogP contribution >= 0.6 is 0 Å². The fourth-order valence-corrected chi connectivity index (χ4v) is 1.50. The van der Waals surface area contributed by atoms with E-state index in [0.29, 0.717) is 5.92 Å². The van der Waals surface area contributed by atoms with E-state index in [1.165, 1.54) is 0 Å². The van der Waals surface area contributed by atoms with Gasteiger partial charge in [-0.25, -0.2) is 5.01 Å². The molecule has 3 heteroatoms. The van der Waals surface area contributed by atoms with Crippen molar-refractivity contribution in [3.8, 4) is 0 Å². The lowest BCUT2D eigenvalue weighted by Gasteiger charge is -2.38. The van der Waals surface area contributed by atoms with Crippen molar-refractivity contribution in [2.24, 2.45) is 5.92 Å². The van der Waals surface area contributed by atoms with Gasteiger partial charge < -0.3 is 0 Å². The number of carbonyl (C=O) groups excluding carboxylic acids is 1. The van der Waals surface area contributed by atoms with Gasteiger partial charge in [0, 0.05) is 19.0 Å². The third kappa shape index (κ3) is 0.721. The maximum atomic E-state index is 10.9. The second-order valence-corrected chi connectivity index (χ2v) is 2.74. The van der Waals surface area contributed by atoms with Crippen molar-refractivity contribution in [1.29, 1.82) is 0 Å². The van der Waals surface area contributed by atoms with Crippen molar-refractivity contribution in [3.05, 3.63) is 0 Å². The summed E-state index contributed by atoms with van der Waals surface area (Å²) < 4.78 is 0. The van der Waals surface area contributed by atoms with Crippen LogP contribution in [0.25, 0.3) is 0 Å². The Labute approximate surface area is 54.0 Å². The Morgan fingerprint density at radius 1 is 1.44 bits per heavy atom. The molecule has 1 N–H and O–H groups in total. The number of hydrogen-bond acceptors (Lipinski definition) is 2. The second kappa shape index (κ2) is 1.70. The highest BCUT2D eigenvalue weighted by Crippen LogP contribution is 2.20. The normalized spacial score (nSPS) is 40.7. The zero-order valence-corrected chi connectivity index (χ0v) is 5.26. The maximum absolute atomic E-state index is 10.9. The second-order valence-electron chi connectivity index (χ2n) is 2.74. The predicted octanol–water partition coefficient (Wildman–Crippen LogP) is -0.257. The van der Waals surface area contributed by atoms with Gasteiger partial charge in [0.2, 0.25) is 5.91 Å². The van der Waals surface area contributed by atoms with Crippen molar-refractivity contribution in [2.75, 3.05) is 13.1 Å². The van der Waals surface area contributed by atoms with Gasteiger partial charge in [-0.05, 0) is 12.8 Å². The van der Waals surface area contributed by atoms with E-state index in [4.69, 9.17) is 0 Å². The molecule has 0 unspecified atom stereocenters. The predicted molar refractivity (Wildman–Crippen MR) is 32.4 cm³/mol. The molecule has 0 saturated carbocycles. The summed E-state index contributed by atoms with van der Waals surface area (Å²) in [5.74, 6) is 0.558. The summed E-state index contributed by atoms with van der Waals surface area (Å²) >= 11 is 0. The number of carbonyl (C=O) groups is 1. The molecule has 0 aromatic carbocycles. The highest BCUT2D eigenvalue weighted by atomic mass is 16.2. The van der Waals surface area contributed by atoms with Crippen LogP contribution in [0.4, 0.5) is 0 Å². The van der Waals surface area contributed by atoms with E-state index in [9.17, 15) is 4.79 Å². The van der Waals surface area contributed by atoms with Crippen LogP contribution in [0.1, 0.15) is 12.8 Å². The van der Waals surface area contributed by atoms with Crippen LogP contribution in [-0.2, 0) is 4.79 Å². The monoisotopic (exact) mass is 126 g/mol. The quantitative estimate of drug-likeness (QED) is 0.485. The van der Waals surface area contributed by atoms with Crippen LogP contribution in [-0.4, -0.2) is 24.0 Å². The molecule has 3 fully saturated rings. The molecule has 2 bridgehead atoms. The number of piperidine rings is 1. The summed E-state index contributed by atoms with van der Waals surface area (Å²) in [6.45, 7) is 2.10. The van der Waals surface area contributed by atoms with Gasteiger partial charge in [-0.1, -0.05) is 0 Å². The van der Waals surface area contributed by atoms with E-state index in [1.807, 2.05) is 5.01 Å². The highest BCUT2D eigenvalue weighted by molar-refractivity contribution is 5.79. The lowest BCUT2D eigenvalue weighted by Crippen LogP contribution is -2.56. The molecule has 1 amide bonds. The van der Waals surface area contributed by atoms with Crippen LogP contribution < -0.4 is 5.43 Å². The Balaban J connectivity index is 2.15. The minimum atomic E-state index is 0.229. The van der Waals surface area contributed by atoms with Crippen LogP contribution in [0.5, 0.6) is 0 Å². The molecule has 0 aliphatic carbocycles. The number of hydrazine groups is 1. The Morgan fingerprint density at radius 3 is 2.33 bits per heavy atom. The van der Waals surface area contributed by atoms with Crippen molar-refractivity contribution >= 4 is 5.91 Å². The minimum Gasteiger partial charge on any atom is -0.289 e. The molecule has 3 aliphatic rings. The van der Waals surface area contributed by atoms with E-state index in [-0.39, 0.29) is 5.91 Å². The largest absolute Gasteiger partial charge is 0.289 e. The lowest BCUT2D eigenvalue weighted by molar-refractivity contribution is -0.139. The zero-order chi connectivity index (χ0) is 6.27. The van der Waals surface area contributed by atoms with Crippen LogP contribution in [0.2, 0.25) is 0 Å². The smallest absolute Gasteiger partial charge is 0.237 e. The molecule has 0 spiro atoms. The molecule has 9 heavy (non-hydrogen) atoms. The number of hydrogen-bond donors (Lipinski definition) is 1. The molecule has 0 aromatic rings. The first-order valence-electron chi connectivity index (χ1n) is 3.42. The van der Waals surface area contributed by atoms with Crippen molar-refractivity contribution in [3.63, 3.8) is 0 Å². The number of rotatable bonds is 0. The summed E-state index contributed by atoms with van der Waals surface area (Å²) in [5.41, 5.74) is 2.81. The van der Waals surface area contributed by atoms with E-state index < -0.39 is 0 Å². The molecular formula is C6H10N2O. The highest BCUT2D eigenvalue weighted by Gasteiger charge is 2.31. The minimum absolute atomic E-state index is 0.229. The van der Waals surface area contributed by atoms with Gasteiger partial charge in [-0.3, -0.25) is 10.2 Å². The van der Waals surface area contributed by atoms with Crippen molar-refractivity contribution < 1.29 is 4.79 Å². The lowest BCUT2D eigenvalue weighted by atomic mass is 9.95. The van der Waals surface area contributed by atoms with Crippen LogP contribution in [0, 0.1) is 5.92 Å². The van der Waals surface area contributed by atoms with Crippen LogP contribution in [0.15, 0.2) is 0 Å². The Kier molecular flexibility index (Phi) is 0.990. The van der Waals surface area contributed by atoms with Crippen molar-refractivity contribution in [2.45, 2.75) is 12.8 Å². The van der Waals surface area contributed by atoms with Gasteiger partial charge in [0.25, 0.3) is 0 Å². The molecule has 0 radical (unpaired) electrons. The number of nitrogens with one attached hydrogen (secondary N) is 1. The Morgan fingerprint density at radius 2 is 2.11 bits per heavy atom. The van der Waals surface area contributed by atoms with Gasteiger partial charge >= 0.3 is 0 Å². The van der Waals surface area contributed by atoms with E-state index in [0.717, 1.165) is 25.9 Å². The summed E-state index contributed by atoms with van der Waals surface area (Å²) in [6, 6.07) is 0. The standard InChI is InChI=1S/C6H10N2O/c9-6-5-1-3-8(7-6)4-2-5/h5H,1-4H2,(H,7,9). The van der Waals surface area contributed by atoms with E-state index in [2.05, 4.69) is 5.43 Å². The van der Waals surface area contributed by atoms with Gasteiger partial charge in [-0.2, -0.15) is 0 Å². The molecule has 3 aliphatic heterocycles. The number of amides is 1. The summed E-state index contributed by atoms with van der Waals surface area (Å²) in [7, 11) is 0. The maximum Gasteiger partial charge on any atom is 0.237 e. The topological polar surface area (TPSA) is 32.3 Å². The summed E-state index contributed by atoms with van der Waals surface area (Å²) in [4.78, 5) is 10.9. The molecule has 50 valence electrons. The molecule has 0 atom stereocenters. The zero-order valence-electron chi connectivity index (χ0n) is 5.26. The fraction of sp³-hybridized carbons (Fsp3) is 0.833. The molecule has 3 nitrogen and oxygen atoms in total. The number of fused-ring (bicyclic) bond motifs is 3. The average Bonchev–Trinajstić information content (AvgIpc) is 1.90. The fourth-order valence-electron chi connectivity index (χ4n) is 1.50. The van der Waals surface area contributed by atoms with Gasteiger partial charge in [-0.15, -0.1) is 0 Å². The van der Waals surface area contributed by atoms with E-state index >= 15 is 0 Å². The van der Waals surface area contributed by atoms with Crippen LogP contribution in [0.3, 0.4) is 0 Å².